The molecule has 0 aromatic heterocycles. The first-order chi connectivity index (χ1) is 3.68. The molecular weight excluding hydrogens is 157 g/mol. The minimum atomic E-state index is 0.750. The van der Waals surface area contributed by atoms with Crippen LogP contribution in [-0.4, -0.2) is 25.4 Å². The van der Waals surface area contributed by atoms with Crippen LogP contribution in [0.15, 0.2) is 0 Å². The van der Waals surface area contributed by atoms with Crippen molar-refractivity contribution in [2.24, 2.45) is 0 Å². The predicted molar refractivity (Wildman–Crippen MR) is 25.4 cm³/mol. The van der Waals surface area contributed by atoms with Gasteiger partial charge >= 0.3 is 28.2 Å². The number of nitriles is 1. The molecular formula is C4H7N2OZn. The average Bonchev–Trinajstić information content (AvgIpc) is 1.69. The van der Waals surface area contributed by atoms with E-state index in [-0.39, 0.29) is 0 Å². The molecule has 0 rings (SSSR count). The van der Waals surface area contributed by atoms with Crippen LogP contribution in [0.2, 0.25) is 0 Å². The van der Waals surface area contributed by atoms with Crippen molar-refractivity contribution in [2.45, 2.75) is 0 Å². The summed E-state index contributed by atoms with van der Waals surface area (Å²) < 4.78 is 1.88. The molecule has 41 valence electrons. The van der Waals surface area contributed by atoms with Crippen molar-refractivity contribution in [1.82, 2.24) is 4.90 Å². The number of amides is 1. The number of nitrogens with zero attached hydrogens (tertiary/aromatic N) is 2. The summed E-state index contributed by atoms with van der Waals surface area (Å²) in [5.41, 5.74) is 0. The van der Waals surface area contributed by atoms with Crippen LogP contribution in [0.5, 0.6) is 0 Å². The van der Waals surface area contributed by atoms with Crippen LogP contribution in [-0.2, 0) is 23.1 Å². The van der Waals surface area contributed by atoms with Gasteiger partial charge in [-0.05, 0) is 0 Å². The fourth-order valence-corrected chi connectivity index (χ4v) is 0. The molecule has 0 radical (unpaired) electrons. The first-order valence-corrected chi connectivity index (χ1v) is 3.45. The van der Waals surface area contributed by atoms with E-state index < -0.39 is 0 Å². The molecule has 0 aliphatic rings. The first-order valence-electron chi connectivity index (χ1n) is 1.97. The zero-order valence-corrected chi connectivity index (χ0v) is 8.05. The van der Waals surface area contributed by atoms with Crippen molar-refractivity contribution in [3.8, 4) is 4.66 Å². The van der Waals surface area contributed by atoms with Crippen molar-refractivity contribution in [3.05, 3.63) is 0 Å². The van der Waals surface area contributed by atoms with Crippen molar-refractivity contribution in [3.63, 3.8) is 0 Å². The van der Waals surface area contributed by atoms with Gasteiger partial charge in [-0.1, -0.05) is 0 Å². The number of hydrogen-bond acceptors (Lipinski definition) is 2. The topological polar surface area (TPSA) is 44.1 Å². The number of carbonyl (C=O) groups excluding carboxylic acids is 1. The summed E-state index contributed by atoms with van der Waals surface area (Å²) in [6.45, 7) is 0. The Labute approximate surface area is 59.0 Å². The summed E-state index contributed by atoms with van der Waals surface area (Å²) in [4.78, 5) is 10.9. The Morgan fingerprint density at radius 3 is 1.88 bits per heavy atom. The summed E-state index contributed by atoms with van der Waals surface area (Å²) >= 11 is 0.750. The predicted octanol–water partition coefficient (Wildman–Crippen LogP) is -0.281. The Balaban J connectivity index is 0. The molecule has 3 nitrogen and oxygen atoms in total. The van der Waals surface area contributed by atoms with Gasteiger partial charge in [-0.25, -0.2) is 0 Å². The van der Waals surface area contributed by atoms with Gasteiger partial charge in [0.05, 0.1) is 0 Å². The summed E-state index contributed by atoms with van der Waals surface area (Å²) in [5, 5.41) is 7.38. The van der Waals surface area contributed by atoms with Gasteiger partial charge < -0.3 is 4.90 Å². The molecule has 0 bridgehead atoms. The second-order valence-electron chi connectivity index (χ2n) is 1.23. The molecule has 1 amide bonds. The Kier molecular flexibility index (Phi) is 12.9. The van der Waals surface area contributed by atoms with E-state index in [0.29, 0.717) is 0 Å². The molecule has 0 N–H and O–H groups in total. The Bertz CT molecular complexity index is 86.5. The van der Waals surface area contributed by atoms with Gasteiger partial charge in [-0.15, -0.1) is 0 Å². The third kappa shape index (κ3) is 46.8. The molecule has 0 spiro atoms. The molecule has 0 atom stereocenters. The van der Waals surface area contributed by atoms with E-state index in [4.69, 9.17) is 5.26 Å². The molecule has 0 aromatic rings. The van der Waals surface area contributed by atoms with E-state index >= 15 is 0 Å². The van der Waals surface area contributed by atoms with Gasteiger partial charge in [-0.2, -0.15) is 0 Å². The summed E-state index contributed by atoms with van der Waals surface area (Å²) in [7, 11) is 3.38. The van der Waals surface area contributed by atoms with Gasteiger partial charge in [0.2, 0.25) is 6.41 Å². The molecule has 0 fully saturated rings. The van der Waals surface area contributed by atoms with E-state index in [1.54, 1.807) is 14.1 Å². The Morgan fingerprint density at radius 1 is 1.75 bits per heavy atom. The van der Waals surface area contributed by atoms with E-state index in [0.717, 1.165) is 24.7 Å². The van der Waals surface area contributed by atoms with Gasteiger partial charge in [0.1, 0.15) is 0 Å². The second-order valence-corrected chi connectivity index (χ2v) is 1.89. The average molecular weight is 165 g/mol. The summed E-state index contributed by atoms with van der Waals surface area (Å²) in [6, 6.07) is 0. The molecule has 0 saturated carbocycles. The SMILES string of the molecule is CN(C)C=O.N#[C][Zn]. The number of rotatable bonds is 1. The third-order valence-corrected chi connectivity index (χ3v) is 0.211. The molecule has 0 aliphatic heterocycles. The van der Waals surface area contributed by atoms with Crippen LogP contribution in [0.1, 0.15) is 0 Å². The fraction of sp³-hybridized carbons (Fsp3) is 0.500. The number of hydrogen-bond donors (Lipinski definition) is 0. The molecule has 0 unspecified atom stereocenters. The van der Waals surface area contributed by atoms with Crippen molar-refractivity contribution < 1.29 is 23.1 Å². The quantitative estimate of drug-likeness (QED) is 0.395. The monoisotopic (exact) mass is 163 g/mol. The second kappa shape index (κ2) is 9.77. The van der Waals surface area contributed by atoms with Crippen LogP contribution in [0.25, 0.3) is 0 Å². The van der Waals surface area contributed by atoms with Gasteiger partial charge in [0.25, 0.3) is 0 Å². The zero-order chi connectivity index (χ0) is 6.99. The van der Waals surface area contributed by atoms with Crippen molar-refractivity contribution in [1.29, 1.82) is 5.26 Å². The molecule has 0 aromatic carbocycles. The van der Waals surface area contributed by atoms with Gasteiger partial charge in [0.15, 0.2) is 0 Å². The van der Waals surface area contributed by atoms with Gasteiger partial charge in [0, 0.05) is 14.1 Å². The minimum absolute atomic E-state index is 0.750. The third-order valence-electron chi connectivity index (χ3n) is 0.211. The molecule has 0 saturated heterocycles. The van der Waals surface area contributed by atoms with E-state index in [9.17, 15) is 4.79 Å². The van der Waals surface area contributed by atoms with Crippen LogP contribution < -0.4 is 0 Å². The zero-order valence-electron chi connectivity index (χ0n) is 5.09. The normalized spacial score (nSPS) is 5.38. The van der Waals surface area contributed by atoms with E-state index in [1.165, 1.54) is 4.90 Å². The molecule has 8 heavy (non-hydrogen) atoms. The number of carbonyl (C=O) groups is 1. The van der Waals surface area contributed by atoms with E-state index in [1.807, 2.05) is 4.66 Å². The van der Waals surface area contributed by atoms with Crippen LogP contribution in [0, 0.1) is 9.93 Å². The fourth-order valence-electron chi connectivity index (χ4n) is 0. The Hall–Kier alpha value is -0.417. The van der Waals surface area contributed by atoms with Crippen molar-refractivity contribution in [2.75, 3.05) is 14.1 Å². The van der Waals surface area contributed by atoms with Gasteiger partial charge in [-0.3, -0.25) is 4.79 Å². The summed E-state index contributed by atoms with van der Waals surface area (Å²) in [5.74, 6) is 0. The molecule has 0 aliphatic carbocycles. The van der Waals surface area contributed by atoms with Crippen LogP contribution in [0.3, 0.4) is 0 Å². The van der Waals surface area contributed by atoms with Crippen LogP contribution >= 0.6 is 0 Å². The first kappa shape index (κ1) is 10.5. The Morgan fingerprint density at radius 2 is 1.88 bits per heavy atom. The molecule has 4 heteroatoms. The van der Waals surface area contributed by atoms with Crippen molar-refractivity contribution >= 4 is 6.41 Å². The van der Waals surface area contributed by atoms with E-state index in [2.05, 4.69) is 0 Å². The summed E-state index contributed by atoms with van der Waals surface area (Å²) in [6.07, 6.45) is 0.750. The maximum absolute atomic E-state index is 9.43. The standard InChI is InChI=1S/C3H7NO.CN.Zn/c1-4(2)3-5;1-2;/h3H,1-2H3;;. The molecule has 0 heterocycles. The maximum atomic E-state index is 9.43. The van der Waals surface area contributed by atoms with Crippen LogP contribution in [0.4, 0.5) is 0 Å².